The van der Waals surface area contributed by atoms with Gasteiger partial charge in [-0.3, -0.25) is 0 Å². The number of thioether (sulfide) groups is 1. The number of aryl methyl sites for hydroxylation is 1. The van der Waals surface area contributed by atoms with E-state index in [4.69, 9.17) is 5.73 Å². The maximum absolute atomic E-state index is 6.25. The van der Waals surface area contributed by atoms with Gasteiger partial charge < -0.3 is 5.73 Å². The van der Waals surface area contributed by atoms with Crippen LogP contribution in [0.5, 0.6) is 0 Å². The van der Waals surface area contributed by atoms with Gasteiger partial charge in [-0.05, 0) is 29.7 Å². The van der Waals surface area contributed by atoms with E-state index in [1.807, 2.05) is 17.8 Å². The van der Waals surface area contributed by atoms with Gasteiger partial charge in [0.15, 0.2) is 0 Å². The summed E-state index contributed by atoms with van der Waals surface area (Å²) in [7, 11) is 0. The highest BCUT2D eigenvalue weighted by molar-refractivity contribution is 7.99. The maximum atomic E-state index is 6.25. The molecule has 1 atom stereocenters. The Hall–Kier alpha value is -1.25. The van der Waals surface area contributed by atoms with Crippen molar-refractivity contribution in [3.05, 3.63) is 65.7 Å². The zero-order chi connectivity index (χ0) is 13.5. The molecule has 2 rings (SSSR count). The van der Waals surface area contributed by atoms with Crippen LogP contribution in [0.15, 0.2) is 59.5 Å². The number of rotatable bonds is 6. The van der Waals surface area contributed by atoms with Gasteiger partial charge in [0, 0.05) is 16.7 Å². The highest BCUT2D eigenvalue weighted by Crippen LogP contribution is 2.23. The van der Waals surface area contributed by atoms with Gasteiger partial charge in [-0.25, -0.2) is 0 Å². The van der Waals surface area contributed by atoms with Gasteiger partial charge in [0.1, 0.15) is 0 Å². The van der Waals surface area contributed by atoms with Gasteiger partial charge in [0.25, 0.3) is 0 Å². The molecule has 19 heavy (non-hydrogen) atoms. The van der Waals surface area contributed by atoms with Gasteiger partial charge in [0.05, 0.1) is 0 Å². The Balaban J connectivity index is 1.90. The van der Waals surface area contributed by atoms with Crippen LogP contribution in [0.4, 0.5) is 0 Å². The van der Waals surface area contributed by atoms with Crippen LogP contribution in [0.2, 0.25) is 0 Å². The van der Waals surface area contributed by atoms with Crippen LogP contribution in [-0.2, 0) is 6.42 Å². The largest absolute Gasteiger partial charge is 0.323 e. The van der Waals surface area contributed by atoms with E-state index in [0.29, 0.717) is 0 Å². The highest BCUT2D eigenvalue weighted by Gasteiger charge is 2.06. The molecule has 0 aliphatic heterocycles. The fourth-order valence-corrected chi connectivity index (χ4v) is 2.93. The smallest absolute Gasteiger partial charge is 0.0390 e. The normalized spacial score (nSPS) is 12.3. The molecule has 0 amide bonds. The minimum atomic E-state index is 0.0980. The van der Waals surface area contributed by atoms with Crippen LogP contribution in [0.1, 0.15) is 30.5 Å². The summed E-state index contributed by atoms with van der Waals surface area (Å²) in [5.74, 6) is 0.914. The lowest BCUT2D eigenvalue weighted by molar-refractivity contribution is 0.828. The predicted molar refractivity (Wildman–Crippen MR) is 84.5 cm³/mol. The second-order valence-electron chi connectivity index (χ2n) is 4.72. The third kappa shape index (κ3) is 4.41. The fraction of sp³-hybridized carbons (Fsp3) is 0.294. The van der Waals surface area contributed by atoms with Crippen molar-refractivity contribution in [1.82, 2.24) is 0 Å². The van der Waals surface area contributed by atoms with E-state index < -0.39 is 0 Å². The van der Waals surface area contributed by atoms with Crippen LogP contribution in [0.3, 0.4) is 0 Å². The number of nitrogens with two attached hydrogens (primary N) is 1. The third-order valence-corrected chi connectivity index (χ3v) is 4.25. The standard InChI is InChI=1S/C17H21NS/c1-2-6-14-9-11-15(12-10-14)17(18)13-19-16-7-4-3-5-8-16/h3-5,7-12,17H,2,6,13,18H2,1H3. The average molecular weight is 271 g/mol. The minimum absolute atomic E-state index is 0.0980. The van der Waals surface area contributed by atoms with E-state index >= 15 is 0 Å². The van der Waals surface area contributed by atoms with Gasteiger partial charge in [-0.15, -0.1) is 11.8 Å². The van der Waals surface area contributed by atoms with Crippen LogP contribution in [-0.4, -0.2) is 5.75 Å². The molecule has 0 saturated carbocycles. The first kappa shape index (κ1) is 14.2. The molecule has 0 aliphatic rings. The van der Waals surface area contributed by atoms with Crippen LogP contribution >= 0.6 is 11.8 Å². The molecule has 0 aliphatic carbocycles. The van der Waals surface area contributed by atoms with E-state index in [-0.39, 0.29) is 6.04 Å². The lowest BCUT2D eigenvalue weighted by Gasteiger charge is -2.12. The molecular weight excluding hydrogens is 250 g/mol. The number of hydrogen-bond acceptors (Lipinski definition) is 2. The molecule has 2 aromatic rings. The summed E-state index contributed by atoms with van der Waals surface area (Å²) in [4.78, 5) is 1.28. The summed E-state index contributed by atoms with van der Waals surface area (Å²) in [5, 5.41) is 0. The molecule has 0 radical (unpaired) electrons. The molecule has 0 spiro atoms. The lowest BCUT2D eigenvalue weighted by atomic mass is 10.0. The summed E-state index contributed by atoms with van der Waals surface area (Å²) in [6.07, 6.45) is 2.34. The van der Waals surface area contributed by atoms with Crippen molar-refractivity contribution < 1.29 is 0 Å². The number of benzene rings is 2. The summed E-state index contributed by atoms with van der Waals surface area (Å²) >= 11 is 1.81. The quantitative estimate of drug-likeness (QED) is 0.786. The van der Waals surface area contributed by atoms with Gasteiger partial charge in [-0.2, -0.15) is 0 Å². The lowest BCUT2D eigenvalue weighted by Crippen LogP contribution is -2.12. The first-order chi connectivity index (χ1) is 9.29. The van der Waals surface area contributed by atoms with E-state index in [2.05, 4.69) is 55.5 Å². The second-order valence-corrected chi connectivity index (χ2v) is 5.82. The fourth-order valence-electron chi connectivity index (χ4n) is 2.02. The Kier molecular flexibility index (Phi) is 5.49. The zero-order valence-corrected chi connectivity index (χ0v) is 12.2. The third-order valence-electron chi connectivity index (χ3n) is 3.12. The molecular formula is C17H21NS. The molecule has 0 aromatic heterocycles. The van der Waals surface area contributed by atoms with Gasteiger partial charge in [0.2, 0.25) is 0 Å². The SMILES string of the molecule is CCCc1ccc(C(N)CSc2ccccc2)cc1. The molecule has 0 bridgehead atoms. The van der Waals surface area contributed by atoms with Gasteiger partial charge in [-0.1, -0.05) is 55.8 Å². The predicted octanol–water partition coefficient (Wildman–Crippen LogP) is 4.43. The second kappa shape index (κ2) is 7.37. The molecule has 100 valence electrons. The monoisotopic (exact) mass is 271 g/mol. The average Bonchev–Trinajstić information content (AvgIpc) is 2.47. The van der Waals surface area contributed by atoms with Crippen molar-refractivity contribution in [2.45, 2.75) is 30.7 Å². The van der Waals surface area contributed by atoms with Crippen molar-refractivity contribution >= 4 is 11.8 Å². The molecule has 1 nitrogen and oxygen atoms in total. The first-order valence-electron chi connectivity index (χ1n) is 6.82. The Morgan fingerprint density at radius 1 is 1.00 bits per heavy atom. The first-order valence-corrected chi connectivity index (χ1v) is 7.80. The van der Waals surface area contributed by atoms with E-state index in [1.165, 1.54) is 22.4 Å². The van der Waals surface area contributed by atoms with Crippen molar-refractivity contribution in [2.24, 2.45) is 5.73 Å². The van der Waals surface area contributed by atoms with Gasteiger partial charge >= 0.3 is 0 Å². The topological polar surface area (TPSA) is 26.0 Å². The zero-order valence-electron chi connectivity index (χ0n) is 11.4. The maximum Gasteiger partial charge on any atom is 0.0390 e. The minimum Gasteiger partial charge on any atom is -0.323 e. The van der Waals surface area contributed by atoms with E-state index in [9.17, 15) is 0 Å². The molecule has 0 fully saturated rings. The summed E-state index contributed by atoms with van der Waals surface area (Å²) in [6.45, 7) is 2.20. The van der Waals surface area contributed by atoms with Crippen molar-refractivity contribution in [1.29, 1.82) is 0 Å². The van der Waals surface area contributed by atoms with Crippen molar-refractivity contribution in [3.63, 3.8) is 0 Å². The van der Waals surface area contributed by atoms with E-state index in [0.717, 1.165) is 12.2 Å². The Bertz CT molecular complexity index is 478. The van der Waals surface area contributed by atoms with Crippen molar-refractivity contribution in [3.8, 4) is 0 Å². The molecule has 0 saturated heterocycles. The number of hydrogen-bond donors (Lipinski definition) is 1. The van der Waals surface area contributed by atoms with Crippen LogP contribution in [0, 0.1) is 0 Å². The van der Waals surface area contributed by atoms with Crippen LogP contribution < -0.4 is 5.73 Å². The highest BCUT2D eigenvalue weighted by atomic mass is 32.2. The Morgan fingerprint density at radius 2 is 1.68 bits per heavy atom. The summed E-state index contributed by atoms with van der Waals surface area (Å²) < 4.78 is 0. The Morgan fingerprint density at radius 3 is 2.32 bits per heavy atom. The van der Waals surface area contributed by atoms with Crippen molar-refractivity contribution in [2.75, 3.05) is 5.75 Å². The summed E-state index contributed by atoms with van der Waals surface area (Å²) in [6, 6.07) is 19.3. The molecule has 0 heterocycles. The van der Waals surface area contributed by atoms with E-state index in [1.54, 1.807) is 0 Å². The molecule has 1 unspecified atom stereocenters. The molecule has 2 aromatic carbocycles. The Labute approximate surface area is 120 Å². The molecule has 2 N–H and O–H groups in total. The summed E-state index contributed by atoms with van der Waals surface area (Å²) in [5.41, 5.74) is 8.87. The molecule has 2 heteroatoms. The van der Waals surface area contributed by atoms with Crippen LogP contribution in [0.25, 0.3) is 0 Å².